The number of likely N-dealkylation sites (tertiary alicyclic amines) is 1. The standard InChI is InChI=1S/C17H24N2O2/c1-13-3-5-14(6-4-13)11-17(20)19-8-7-16-15(12-19)18(2)9-10-21-16/h3-6,15-16H,7-12H2,1-2H3/t15-,16-/m0/s1. The highest BCUT2D eigenvalue weighted by Gasteiger charge is 2.36. The minimum absolute atomic E-state index is 0.233. The monoisotopic (exact) mass is 288 g/mol. The summed E-state index contributed by atoms with van der Waals surface area (Å²) in [5.74, 6) is 0.233. The Hall–Kier alpha value is -1.39. The molecule has 1 aromatic carbocycles. The lowest BCUT2D eigenvalue weighted by molar-refractivity contribution is -0.140. The quantitative estimate of drug-likeness (QED) is 0.826. The molecule has 1 aromatic rings. The Morgan fingerprint density at radius 3 is 2.81 bits per heavy atom. The van der Waals surface area contributed by atoms with Crippen molar-refractivity contribution in [3.8, 4) is 0 Å². The second-order valence-electron chi connectivity index (χ2n) is 6.25. The third-order valence-corrected chi connectivity index (χ3v) is 4.69. The van der Waals surface area contributed by atoms with Crippen LogP contribution in [0.15, 0.2) is 24.3 Å². The number of morpholine rings is 1. The molecule has 2 atom stereocenters. The highest BCUT2D eigenvalue weighted by atomic mass is 16.5. The van der Waals surface area contributed by atoms with Gasteiger partial charge in [0.15, 0.2) is 0 Å². The SMILES string of the molecule is Cc1ccc(CC(=O)N2CC[C@@H]3OCCN(C)[C@H]3C2)cc1. The average Bonchev–Trinajstić information content (AvgIpc) is 2.50. The maximum Gasteiger partial charge on any atom is 0.227 e. The van der Waals surface area contributed by atoms with E-state index in [0.29, 0.717) is 18.6 Å². The number of hydrogen-bond acceptors (Lipinski definition) is 3. The van der Waals surface area contributed by atoms with E-state index in [1.807, 2.05) is 4.90 Å². The second kappa shape index (κ2) is 6.16. The van der Waals surface area contributed by atoms with Crippen LogP contribution in [0.25, 0.3) is 0 Å². The first-order valence-electron chi connectivity index (χ1n) is 7.78. The van der Waals surface area contributed by atoms with Crippen LogP contribution in [0.5, 0.6) is 0 Å². The van der Waals surface area contributed by atoms with Crippen molar-refractivity contribution in [1.82, 2.24) is 9.80 Å². The van der Waals surface area contributed by atoms with Gasteiger partial charge in [-0.1, -0.05) is 29.8 Å². The van der Waals surface area contributed by atoms with Gasteiger partial charge in [-0.3, -0.25) is 9.69 Å². The van der Waals surface area contributed by atoms with E-state index in [1.165, 1.54) is 5.56 Å². The van der Waals surface area contributed by atoms with E-state index in [0.717, 1.165) is 38.2 Å². The number of rotatable bonds is 2. The number of amides is 1. The average molecular weight is 288 g/mol. The van der Waals surface area contributed by atoms with Gasteiger partial charge in [-0.05, 0) is 26.0 Å². The van der Waals surface area contributed by atoms with E-state index in [9.17, 15) is 4.79 Å². The van der Waals surface area contributed by atoms with E-state index in [1.54, 1.807) is 0 Å². The molecule has 0 unspecified atom stereocenters. The summed E-state index contributed by atoms with van der Waals surface area (Å²) < 4.78 is 5.83. The molecule has 2 heterocycles. The lowest BCUT2D eigenvalue weighted by atomic mass is 9.98. The molecule has 3 rings (SSSR count). The fourth-order valence-electron chi connectivity index (χ4n) is 3.26. The third kappa shape index (κ3) is 3.27. The molecule has 2 fully saturated rings. The summed E-state index contributed by atoms with van der Waals surface area (Å²) in [5, 5.41) is 0. The Morgan fingerprint density at radius 1 is 1.29 bits per heavy atom. The predicted molar refractivity (Wildman–Crippen MR) is 82.2 cm³/mol. The van der Waals surface area contributed by atoms with E-state index in [4.69, 9.17) is 4.74 Å². The molecule has 0 aromatic heterocycles. The number of fused-ring (bicyclic) bond motifs is 1. The van der Waals surface area contributed by atoms with Gasteiger partial charge in [-0.25, -0.2) is 0 Å². The van der Waals surface area contributed by atoms with Crippen molar-refractivity contribution >= 4 is 5.91 Å². The number of carbonyl (C=O) groups is 1. The van der Waals surface area contributed by atoms with Crippen molar-refractivity contribution in [3.05, 3.63) is 35.4 Å². The Bertz CT molecular complexity index is 500. The number of aryl methyl sites for hydroxylation is 1. The summed E-state index contributed by atoms with van der Waals surface area (Å²) in [7, 11) is 2.13. The summed E-state index contributed by atoms with van der Waals surface area (Å²) in [5.41, 5.74) is 2.33. The molecule has 0 spiro atoms. The predicted octanol–water partition coefficient (Wildman–Crippen LogP) is 1.47. The van der Waals surface area contributed by atoms with E-state index >= 15 is 0 Å². The highest BCUT2D eigenvalue weighted by Crippen LogP contribution is 2.22. The number of carbonyl (C=O) groups excluding carboxylic acids is 1. The summed E-state index contributed by atoms with van der Waals surface area (Å²) in [6.45, 7) is 5.46. The Balaban J connectivity index is 1.61. The molecule has 0 aliphatic carbocycles. The summed E-state index contributed by atoms with van der Waals surface area (Å²) in [6, 6.07) is 8.59. The van der Waals surface area contributed by atoms with Crippen molar-refractivity contribution in [2.45, 2.75) is 31.9 Å². The molecule has 0 radical (unpaired) electrons. The number of benzene rings is 1. The Kier molecular flexibility index (Phi) is 4.27. The zero-order valence-electron chi connectivity index (χ0n) is 12.9. The Morgan fingerprint density at radius 2 is 2.05 bits per heavy atom. The minimum Gasteiger partial charge on any atom is -0.375 e. The Labute approximate surface area is 126 Å². The van der Waals surface area contributed by atoms with Gasteiger partial charge in [0.1, 0.15) is 0 Å². The lowest BCUT2D eigenvalue weighted by Crippen LogP contribution is -2.59. The third-order valence-electron chi connectivity index (χ3n) is 4.69. The molecule has 4 nitrogen and oxygen atoms in total. The van der Waals surface area contributed by atoms with E-state index < -0.39 is 0 Å². The van der Waals surface area contributed by atoms with Crippen LogP contribution in [0.3, 0.4) is 0 Å². The van der Waals surface area contributed by atoms with Crippen molar-refractivity contribution in [2.75, 3.05) is 33.3 Å². The zero-order valence-corrected chi connectivity index (χ0v) is 12.9. The molecular formula is C17H24N2O2. The van der Waals surface area contributed by atoms with Gasteiger partial charge < -0.3 is 9.64 Å². The summed E-state index contributed by atoms with van der Waals surface area (Å²) >= 11 is 0. The van der Waals surface area contributed by atoms with Crippen LogP contribution in [-0.4, -0.2) is 61.1 Å². The number of likely N-dealkylation sites (N-methyl/N-ethyl adjacent to an activating group) is 1. The first-order valence-corrected chi connectivity index (χ1v) is 7.78. The van der Waals surface area contributed by atoms with Crippen LogP contribution in [-0.2, 0) is 16.0 Å². The van der Waals surface area contributed by atoms with Crippen LogP contribution in [0.2, 0.25) is 0 Å². The van der Waals surface area contributed by atoms with Crippen LogP contribution in [0.1, 0.15) is 17.5 Å². The fraction of sp³-hybridized carbons (Fsp3) is 0.588. The van der Waals surface area contributed by atoms with Gasteiger partial charge in [0.25, 0.3) is 0 Å². The van der Waals surface area contributed by atoms with Gasteiger partial charge in [0.05, 0.1) is 25.2 Å². The largest absolute Gasteiger partial charge is 0.375 e. The first kappa shape index (κ1) is 14.5. The highest BCUT2D eigenvalue weighted by molar-refractivity contribution is 5.79. The summed E-state index contributed by atoms with van der Waals surface area (Å²) in [6.07, 6.45) is 1.75. The normalized spacial score (nSPS) is 26.5. The number of hydrogen-bond donors (Lipinski definition) is 0. The maximum absolute atomic E-state index is 12.5. The zero-order chi connectivity index (χ0) is 14.8. The smallest absolute Gasteiger partial charge is 0.227 e. The maximum atomic E-state index is 12.5. The van der Waals surface area contributed by atoms with Crippen molar-refractivity contribution < 1.29 is 9.53 Å². The second-order valence-corrected chi connectivity index (χ2v) is 6.25. The molecule has 2 saturated heterocycles. The molecular weight excluding hydrogens is 264 g/mol. The summed E-state index contributed by atoms with van der Waals surface area (Å²) in [4.78, 5) is 16.8. The minimum atomic E-state index is 0.233. The molecule has 4 heteroatoms. The van der Waals surface area contributed by atoms with Crippen molar-refractivity contribution in [1.29, 1.82) is 0 Å². The van der Waals surface area contributed by atoms with Crippen LogP contribution in [0.4, 0.5) is 0 Å². The molecule has 2 aliphatic rings. The number of ether oxygens (including phenoxy) is 1. The van der Waals surface area contributed by atoms with Gasteiger partial charge in [0, 0.05) is 19.6 Å². The molecule has 0 N–H and O–H groups in total. The topological polar surface area (TPSA) is 32.8 Å². The van der Waals surface area contributed by atoms with Gasteiger partial charge in [0.2, 0.25) is 5.91 Å². The van der Waals surface area contributed by atoms with Gasteiger partial charge >= 0.3 is 0 Å². The van der Waals surface area contributed by atoms with Crippen LogP contribution in [0, 0.1) is 6.92 Å². The van der Waals surface area contributed by atoms with Crippen LogP contribution >= 0.6 is 0 Å². The van der Waals surface area contributed by atoms with Crippen molar-refractivity contribution in [3.63, 3.8) is 0 Å². The number of nitrogens with zero attached hydrogens (tertiary/aromatic N) is 2. The molecule has 21 heavy (non-hydrogen) atoms. The molecule has 114 valence electrons. The molecule has 1 amide bonds. The van der Waals surface area contributed by atoms with Gasteiger partial charge in [-0.15, -0.1) is 0 Å². The molecule has 0 bridgehead atoms. The lowest BCUT2D eigenvalue weighted by Gasteiger charge is -2.45. The van der Waals surface area contributed by atoms with E-state index in [-0.39, 0.29) is 5.91 Å². The van der Waals surface area contributed by atoms with Gasteiger partial charge in [-0.2, -0.15) is 0 Å². The van der Waals surface area contributed by atoms with Crippen molar-refractivity contribution in [2.24, 2.45) is 0 Å². The first-order chi connectivity index (χ1) is 10.1. The number of piperidine rings is 1. The van der Waals surface area contributed by atoms with E-state index in [2.05, 4.69) is 43.1 Å². The molecule has 2 aliphatic heterocycles. The van der Waals surface area contributed by atoms with Crippen LogP contribution < -0.4 is 0 Å². The molecule has 0 saturated carbocycles. The fourth-order valence-corrected chi connectivity index (χ4v) is 3.26.